The van der Waals surface area contributed by atoms with E-state index in [1.54, 1.807) is 18.2 Å². The first kappa shape index (κ1) is 15.1. The van der Waals surface area contributed by atoms with Gasteiger partial charge in [0, 0.05) is 28.8 Å². The molecule has 2 N–H and O–H groups in total. The molecule has 3 heteroatoms. The topological polar surface area (TPSA) is 49.3 Å². The molecule has 0 saturated heterocycles. The maximum Gasteiger partial charge on any atom is 0.160 e. The predicted octanol–water partition coefficient (Wildman–Crippen LogP) is 3.81. The lowest BCUT2D eigenvalue weighted by Crippen LogP contribution is -2.44. The van der Waals surface area contributed by atoms with Crippen molar-refractivity contribution < 1.29 is 9.90 Å². The highest BCUT2D eigenvalue weighted by Gasteiger charge is 2.29. The van der Waals surface area contributed by atoms with E-state index in [1.807, 2.05) is 6.07 Å². The van der Waals surface area contributed by atoms with Crippen LogP contribution in [-0.2, 0) is 11.2 Å². The Morgan fingerprint density at radius 3 is 2.73 bits per heavy atom. The Balaban J connectivity index is 1.93. The Morgan fingerprint density at radius 2 is 2.00 bits per heavy atom. The number of nitrogens with one attached hydrogen (secondary N) is 1. The van der Waals surface area contributed by atoms with Crippen LogP contribution < -0.4 is 5.32 Å². The number of carbonyl (C=O) groups is 1. The molecule has 118 valence electrons. The molecular weight excluding hydrogens is 274 g/mol. The Hall–Kier alpha value is -1.77. The number of phenols is 1. The van der Waals surface area contributed by atoms with Crippen LogP contribution in [0.3, 0.4) is 0 Å². The molecule has 0 radical (unpaired) electrons. The Bertz CT molecular complexity index is 610. The van der Waals surface area contributed by atoms with Crippen molar-refractivity contribution in [2.45, 2.75) is 57.9 Å². The van der Waals surface area contributed by atoms with Gasteiger partial charge in [0.2, 0.25) is 0 Å². The van der Waals surface area contributed by atoms with Gasteiger partial charge in [-0.2, -0.15) is 0 Å². The molecule has 0 aromatic heterocycles. The minimum absolute atomic E-state index is 0.0807. The second kappa shape index (κ2) is 5.79. The van der Waals surface area contributed by atoms with Gasteiger partial charge in [-0.1, -0.05) is 25.3 Å². The largest absolute Gasteiger partial charge is 0.508 e. The molecule has 3 rings (SSSR count). The Morgan fingerprint density at radius 1 is 1.27 bits per heavy atom. The molecule has 1 aliphatic carbocycles. The summed E-state index contributed by atoms with van der Waals surface area (Å²) in [5.74, 6) is 0.652. The van der Waals surface area contributed by atoms with Gasteiger partial charge in [0.15, 0.2) is 5.78 Å². The minimum Gasteiger partial charge on any atom is -0.508 e. The van der Waals surface area contributed by atoms with E-state index < -0.39 is 0 Å². The van der Waals surface area contributed by atoms with Crippen molar-refractivity contribution in [3.05, 3.63) is 35.4 Å². The van der Waals surface area contributed by atoms with E-state index in [4.69, 9.17) is 0 Å². The summed E-state index contributed by atoms with van der Waals surface area (Å²) < 4.78 is 0. The highest BCUT2D eigenvalue weighted by molar-refractivity contribution is 5.98. The van der Waals surface area contributed by atoms with Gasteiger partial charge >= 0.3 is 0 Å². The van der Waals surface area contributed by atoms with E-state index in [2.05, 4.69) is 19.2 Å². The maximum absolute atomic E-state index is 12.6. The number of phenolic OH excluding ortho intramolecular Hbond substituents is 1. The van der Waals surface area contributed by atoms with Crippen molar-refractivity contribution in [1.82, 2.24) is 5.32 Å². The van der Waals surface area contributed by atoms with E-state index in [-0.39, 0.29) is 23.0 Å². The third-order valence-electron chi connectivity index (χ3n) is 4.78. The van der Waals surface area contributed by atoms with E-state index in [0.29, 0.717) is 0 Å². The second-order valence-electron chi connectivity index (χ2n) is 7.32. The van der Waals surface area contributed by atoms with Crippen molar-refractivity contribution in [2.24, 2.45) is 5.92 Å². The molecule has 1 aromatic carbocycles. The minimum atomic E-state index is -0.0807. The first-order valence-corrected chi connectivity index (χ1v) is 8.31. The monoisotopic (exact) mass is 299 g/mol. The van der Waals surface area contributed by atoms with Crippen molar-refractivity contribution >= 4 is 11.5 Å². The Kier molecular flexibility index (Phi) is 3.98. The van der Waals surface area contributed by atoms with Crippen LogP contribution in [0.25, 0.3) is 5.70 Å². The van der Waals surface area contributed by atoms with Crippen LogP contribution in [0, 0.1) is 5.92 Å². The van der Waals surface area contributed by atoms with Gasteiger partial charge in [-0.15, -0.1) is 0 Å². The summed E-state index contributed by atoms with van der Waals surface area (Å²) in [6.45, 7) is 4.28. The average Bonchev–Trinajstić information content (AvgIpc) is 2.48. The standard InChI is InChI=1S/C19H25NO2/c1-19(2)12-14-8-9-15(21)10-16(14)17(20-19)11-18(22)13-6-4-3-5-7-13/h8-11,13,20-21H,3-7,12H2,1-2H3/b17-11-. The van der Waals surface area contributed by atoms with Crippen molar-refractivity contribution in [2.75, 3.05) is 0 Å². The quantitative estimate of drug-likeness (QED) is 0.817. The third-order valence-corrected chi connectivity index (χ3v) is 4.78. The molecule has 1 aliphatic heterocycles. The summed E-state index contributed by atoms with van der Waals surface area (Å²) in [7, 11) is 0. The fourth-order valence-electron chi connectivity index (χ4n) is 3.68. The van der Waals surface area contributed by atoms with Crippen molar-refractivity contribution in [3.8, 4) is 5.75 Å². The van der Waals surface area contributed by atoms with Crippen LogP contribution in [0.5, 0.6) is 5.75 Å². The summed E-state index contributed by atoms with van der Waals surface area (Å²) in [6, 6.07) is 5.45. The van der Waals surface area contributed by atoms with Gasteiger partial charge in [-0.05, 0) is 50.8 Å². The molecule has 2 aliphatic rings. The van der Waals surface area contributed by atoms with Crippen LogP contribution in [0.2, 0.25) is 0 Å². The SMILES string of the molecule is CC1(C)Cc2ccc(O)cc2/C(=C/C(=O)C2CCCCC2)N1. The summed E-state index contributed by atoms with van der Waals surface area (Å²) in [5.41, 5.74) is 2.92. The molecule has 1 fully saturated rings. The molecule has 1 aromatic rings. The summed E-state index contributed by atoms with van der Waals surface area (Å²) in [4.78, 5) is 12.6. The van der Waals surface area contributed by atoms with Gasteiger partial charge in [-0.25, -0.2) is 0 Å². The zero-order valence-electron chi connectivity index (χ0n) is 13.5. The average molecular weight is 299 g/mol. The molecule has 22 heavy (non-hydrogen) atoms. The highest BCUT2D eigenvalue weighted by atomic mass is 16.3. The molecule has 0 amide bonds. The third kappa shape index (κ3) is 3.18. The van der Waals surface area contributed by atoms with E-state index in [1.165, 1.54) is 12.0 Å². The number of carbonyl (C=O) groups excluding carboxylic acids is 1. The first-order chi connectivity index (χ1) is 10.4. The lowest BCUT2D eigenvalue weighted by atomic mass is 9.83. The molecule has 3 nitrogen and oxygen atoms in total. The predicted molar refractivity (Wildman–Crippen MR) is 88.6 cm³/mol. The number of benzene rings is 1. The highest BCUT2D eigenvalue weighted by Crippen LogP contribution is 2.33. The van der Waals surface area contributed by atoms with Gasteiger partial charge in [0.25, 0.3) is 0 Å². The van der Waals surface area contributed by atoms with Crippen molar-refractivity contribution in [1.29, 1.82) is 0 Å². The van der Waals surface area contributed by atoms with Crippen LogP contribution in [0.15, 0.2) is 24.3 Å². The number of rotatable bonds is 2. The van der Waals surface area contributed by atoms with E-state index in [9.17, 15) is 9.90 Å². The van der Waals surface area contributed by atoms with Crippen LogP contribution in [-0.4, -0.2) is 16.4 Å². The summed E-state index contributed by atoms with van der Waals surface area (Å²) in [6.07, 6.45) is 8.26. The van der Waals surface area contributed by atoms with E-state index in [0.717, 1.165) is 43.4 Å². The first-order valence-electron chi connectivity index (χ1n) is 8.31. The second-order valence-corrected chi connectivity index (χ2v) is 7.32. The van der Waals surface area contributed by atoms with Crippen LogP contribution in [0.1, 0.15) is 57.1 Å². The zero-order valence-corrected chi connectivity index (χ0v) is 13.5. The molecule has 1 heterocycles. The smallest absolute Gasteiger partial charge is 0.160 e. The summed E-state index contributed by atoms with van der Waals surface area (Å²) >= 11 is 0. The number of hydrogen-bond acceptors (Lipinski definition) is 3. The number of allylic oxidation sites excluding steroid dienone is 1. The van der Waals surface area contributed by atoms with Crippen molar-refractivity contribution in [3.63, 3.8) is 0 Å². The lowest BCUT2D eigenvalue weighted by Gasteiger charge is -2.36. The molecule has 0 spiro atoms. The van der Waals surface area contributed by atoms with Gasteiger partial charge in [0.1, 0.15) is 5.75 Å². The molecular formula is C19H25NO2. The number of ketones is 1. The fourth-order valence-corrected chi connectivity index (χ4v) is 3.68. The number of fused-ring (bicyclic) bond motifs is 1. The van der Waals surface area contributed by atoms with Gasteiger partial charge in [0.05, 0.1) is 0 Å². The number of hydrogen-bond donors (Lipinski definition) is 2. The van der Waals surface area contributed by atoms with E-state index >= 15 is 0 Å². The molecule has 1 saturated carbocycles. The molecule has 0 bridgehead atoms. The molecule has 0 unspecified atom stereocenters. The summed E-state index contributed by atoms with van der Waals surface area (Å²) in [5, 5.41) is 13.3. The van der Waals surface area contributed by atoms with Crippen LogP contribution in [0.4, 0.5) is 0 Å². The zero-order chi connectivity index (χ0) is 15.7. The lowest BCUT2D eigenvalue weighted by molar-refractivity contribution is -0.119. The van der Waals surface area contributed by atoms with Gasteiger partial charge < -0.3 is 10.4 Å². The molecule has 0 atom stereocenters. The Labute approximate surface area is 132 Å². The van der Waals surface area contributed by atoms with Gasteiger partial charge in [-0.3, -0.25) is 4.79 Å². The fraction of sp³-hybridized carbons (Fsp3) is 0.526. The van der Waals surface area contributed by atoms with Crippen LogP contribution >= 0.6 is 0 Å². The maximum atomic E-state index is 12.6. The number of aromatic hydroxyl groups is 1. The normalized spacial score (nSPS) is 22.9.